The van der Waals surface area contributed by atoms with Gasteiger partial charge in [0.2, 0.25) is 0 Å². The van der Waals surface area contributed by atoms with Crippen molar-refractivity contribution in [2.75, 3.05) is 5.32 Å². The van der Waals surface area contributed by atoms with Gasteiger partial charge in [-0.05, 0) is 30.3 Å². The Kier molecular flexibility index (Phi) is 5.46. The van der Waals surface area contributed by atoms with Crippen LogP contribution in [0, 0.1) is 0 Å². The normalized spacial score (nSPS) is 10.5. The highest BCUT2D eigenvalue weighted by Gasteiger charge is 2.13. The van der Waals surface area contributed by atoms with Crippen molar-refractivity contribution >= 4 is 46.9 Å². The molecule has 2 amide bonds. The zero-order chi connectivity index (χ0) is 15.9. The van der Waals surface area contributed by atoms with Gasteiger partial charge in [0.1, 0.15) is 0 Å². The van der Waals surface area contributed by atoms with E-state index in [2.05, 4.69) is 20.8 Å². The predicted octanol–water partition coefficient (Wildman–Crippen LogP) is 2.48. The maximum atomic E-state index is 11.7. The van der Waals surface area contributed by atoms with Gasteiger partial charge in [0, 0.05) is 11.9 Å². The fraction of sp³-hybridized carbons (Fsp3) is 0. The second kappa shape index (κ2) is 7.53. The zero-order valence-corrected chi connectivity index (χ0v) is 12.6. The number of nitrogens with one attached hydrogen (secondary N) is 2. The number of anilines is 1. The van der Waals surface area contributed by atoms with Gasteiger partial charge in [-0.15, -0.1) is 0 Å². The Labute approximate surface area is 136 Å². The molecule has 0 saturated carbocycles. The highest BCUT2D eigenvalue weighted by Crippen LogP contribution is 2.24. The fourth-order valence-electron chi connectivity index (χ4n) is 1.42. The van der Waals surface area contributed by atoms with Crippen LogP contribution in [-0.4, -0.2) is 23.0 Å². The molecule has 112 valence electrons. The molecule has 2 aromatic rings. The van der Waals surface area contributed by atoms with Crippen LogP contribution in [0.4, 0.5) is 5.69 Å². The molecule has 1 aromatic heterocycles. The van der Waals surface area contributed by atoms with E-state index in [0.29, 0.717) is 16.4 Å². The third-order valence-corrected chi connectivity index (χ3v) is 3.17. The monoisotopic (exact) mass is 336 g/mol. The minimum atomic E-state index is -0.918. The Balaban J connectivity index is 1.90. The summed E-state index contributed by atoms with van der Waals surface area (Å²) in [6, 6.07) is 9.69. The van der Waals surface area contributed by atoms with E-state index < -0.39 is 11.8 Å². The summed E-state index contributed by atoms with van der Waals surface area (Å²) >= 11 is 11.6. The maximum absolute atomic E-state index is 11.7. The number of hydrogen-bond acceptors (Lipinski definition) is 4. The fourth-order valence-corrected chi connectivity index (χ4v) is 1.72. The molecule has 2 N–H and O–H groups in total. The summed E-state index contributed by atoms with van der Waals surface area (Å²) in [6.45, 7) is 0. The zero-order valence-electron chi connectivity index (χ0n) is 11.1. The number of amides is 2. The van der Waals surface area contributed by atoms with E-state index in [4.69, 9.17) is 23.2 Å². The third kappa shape index (κ3) is 4.54. The molecule has 0 aliphatic rings. The molecule has 6 nitrogen and oxygen atoms in total. The maximum Gasteiger partial charge on any atom is 0.329 e. The molecule has 0 fully saturated rings. The first-order valence-electron chi connectivity index (χ1n) is 6.07. The Morgan fingerprint density at radius 1 is 1.09 bits per heavy atom. The van der Waals surface area contributed by atoms with Crippen molar-refractivity contribution in [2.24, 2.45) is 5.10 Å². The number of halogens is 2. The summed E-state index contributed by atoms with van der Waals surface area (Å²) in [5.74, 6) is -1.80. The number of benzene rings is 1. The second-order valence-corrected chi connectivity index (χ2v) is 4.85. The van der Waals surface area contributed by atoms with Crippen LogP contribution in [0.3, 0.4) is 0 Å². The third-order valence-electron chi connectivity index (χ3n) is 2.43. The van der Waals surface area contributed by atoms with Crippen molar-refractivity contribution < 1.29 is 9.59 Å². The van der Waals surface area contributed by atoms with Crippen molar-refractivity contribution in [3.8, 4) is 0 Å². The van der Waals surface area contributed by atoms with Gasteiger partial charge < -0.3 is 5.32 Å². The summed E-state index contributed by atoms with van der Waals surface area (Å²) in [6.07, 6.45) is 2.91. The Morgan fingerprint density at radius 2 is 1.91 bits per heavy atom. The molecule has 22 heavy (non-hydrogen) atoms. The largest absolute Gasteiger partial charge is 0.329 e. The summed E-state index contributed by atoms with van der Waals surface area (Å²) in [4.78, 5) is 27.2. The number of aromatic nitrogens is 1. The van der Waals surface area contributed by atoms with Gasteiger partial charge in [-0.2, -0.15) is 5.10 Å². The lowest BCUT2D eigenvalue weighted by atomic mass is 10.3. The molecule has 0 bridgehead atoms. The first-order chi connectivity index (χ1) is 10.6. The van der Waals surface area contributed by atoms with Gasteiger partial charge in [0.25, 0.3) is 0 Å². The number of nitrogens with zero attached hydrogens (tertiary/aromatic N) is 2. The average Bonchev–Trinajstić information content (AvgIpc) is 2.52. The van der Waals surface area contributed by atoms with E-state index in [1.165, 1.54) is 24.4 Å². The lowest BCUT2D eigenvalue weighted by Crippen LogP contribution is -2.32. The Morgan fingerprint density at radius 3 is 2.59 bits per heavy atom. The summed E-state index contributed by atoms with van der Waals surface area (Å²) in [7, 11) is 0. The van der Waals surface area contributed by atoms with Gasteiger partial charge in [-0.1, -0.05) is 29.3 Å². The molecule has 0 unspecified atom stereocenters. The SMILES string of the molecule is O=C(N/N=C\c1ccccn1)C(=O)Nc1ccc(Cl)c(Cl)c1. The van der Waals surface area contributed by atoms with Crippen molar-refractivity contribution in [2.45, 2.75) is 0 Å². The lowest BCUT2D eigenvalue weighted by molar-refractivity contribution is -0.136. The summed E-state index contributed by atoms with van der Waals surface area (Å²) in [5.41, 5.74) is 3.00. The molecule has 0 aliphatic carbocycles. The van der Waals surface area contributed by atoms with Crippen LogP contribution in [0.15, 0.2) is 47.7 Å². The van der Waals surface area contributed by atoms with E-state index in [9.17, 15) is 9.59 Å². The molecule has 1 aromatic carbocycles. The molecule has 0 saturated heterocycles. The van der Waals surface area contributed by atoms with E-state index in [-0.39, 0.29) is 5.02 Å². The van der Waals surface area contributed by atoms with E-state index >= 15 is 0 Å². The summed E-state index contributed by atoms with van der Waals surface area (Å²) < 4.78 is 0. The lowest BCUT2D eigenvalue weighted by Gasteiger charge is -2.05. The Hall–Kier alpha value is -2.44. The number of rotatable bonds is 3. The molecule has 8 heteroatoms. The minimum Gasteiger partial charge on any atom is -0.318 e. The van der Waals surface area contributed by atoms with E-state index in [0.717, 1.165) is 0 Å². The van der Waals surface area contributed by atoms with E-state index in [1.807, 2.05) is 0 Å². The van der Waals surface area contributed by atoms with E-state index in [1.54, 1.807) is 24.4 Å². The molecule has 0 radical (unpaired) electrons. The Bertz CT molecular complexity index is 720. The number of carbonyl (C=O) groups is 2. The van der Waals surface area contributed by atoms with Gasteiger partial charge in [0.05, 0.1) is 22.0 Å². The number of hydrogen-bond donors (Lipinski definition) is 2. The average molecular weight is 337 g/mol. The van der Waals surface area contributed by atoms with Gasteiger partial charge >= 0.3 is 11.8 Å². The number of carbonyl (C=O) groups excluding carboxylic acids is 2. The number of pyridine rings is 1. The van der Waals surface area contributed by atoms with Crippen molar-refractivity contribution in [3.05, 3.63) is 58.3 Å². The van der Waals surface area contributed by atoms with Crippen LogP contribution in [0.5, 0.6) is 0 Å². The van der Waals surface area contributed by atoms with Crippen LogP contribution in [0.25, 0.3) is 0 Å². The first-order valence-corrected chi connectivity index (χ1v) is 6.82. The van der Waals surface area contributed by atoms with Gasteiger partial charge in [-0.3, -0.25) is 14.6 Å². The highest BCUT2D eigenvalue weighted by molar-refractivity contribution is 6.42. The quantitative estimate of drug-likeness (QED) is 0.513. The van der Waals surface area contributed by atoms with Crippen molar-refractivity contribution in [3.63, 3.8) is 0 Å². The van der Waals surface area contributed by atoms with Crippen LogP contribution < -0.4 is 10.7 Å². The molecule has 0 atom stereocenters. The molecule has 0 aliphatic heterocycles. The van der Waals surface area contributed by atoms with Crippen LogP contribution >= 0.6 is 23.2 Å². The standard InChI is InChI=1S/C14H10Cl2N4O2/c15-11-5-4-9(7-12(11)16)19-13(21)14(22)20-18-8-10-3-1-2-6-17-10/h1-8H,(H,19,21)(H,20,22)/b18-8-. The highest BCUT2D eigenvalue weighted by atomic mass is 35.5. The van der Waals surface area contributed by atoms with Crippen LogP contribution in [0.2, 0.25) is 10.0 Å². The van der Waals surface area contributed by atoms with Crippen molar-refractivity contribution in [1.29, 1.82) is 0 Å². The topological polar surface area (TPSA) is 83.5 Å². The molecule has 2 rings (SSSR count). The second-order valence-electron chi connectivity index (χ2n) is 4.04. The first kappa shape index (κ1) is 15.9. The van der Waals surface area contributed by atoms with Crippen molar-refractivity contribution in [1.82, 2.24) is 10.4 Å². The summed E-state index contributed by atoms with van der Waals surface area (Å²) in [5, 5.41) is 6.64. The van der Waals surface area contributed by atoms with Crippen LogP contribution in [-0.2, 0) is 9.59 Å². The van der Waals surface area contributed by atoms with Gasteiger partial charge in [0.15, 0.2) is 0 Å². The van der Waals surface area contributed by atoms with Crippen LogP contribution in [0.1, 0.15) is 5.69 Å². The molecule has 0 spiro atoms. The molecule has 1 heterocycles. The predicted molar refractivity (Wildman–Crippen MR) is 85.1 cm³/mol. The minimum absolute atomic E-state index is 0.271. The smallest absolute Gasteiger partial charge is 0.318 e. The molecular formula is C14H10Cl2N4O2. The number of hydrazone groups is 1. The molecular weight excluding hydrogens is 327 g/mol. The van der Waals surface area contributed by atoms with Gasteiger partial charge in [-0.25, -0.2) is 5.43 Å².